The van der Waals surface area contributed by atoms with Gasteiger partial charge in [-0.15, -0.1) is 0 Å². The number of hydrogen-bond donors (Lipinski definition) is 3. The summed E-state index contributed by atoms with van der Waals surface area (Å²) in [6.45, 7) is 16.8. The molecule has 13 nitrogen and oxygen atoms in total. The third kappa shape index (κ3) is 7.13. The van der Waals surface area contributed by atoms with E-state index in [1.807, 2.05) is 6.92 Å². The first kappa shape index (κ1) is 36.9. The average Bonchev–Trinajstić information content (AvgIpc) is 3.68. The van der Waals surface area contributed by atoms with E-state index >= 15 is 0 Å². The number of aliphatic hydroxyl groups excluding tert-OH is 2. The molecule has 3 heterocycles. The average molecular weight is 689 g/mol. The quantitative estimate of drug-likeness (QED) is 0.125. The van der Waals surface area contributed by atoms with Crippen molar-refractivity contribution in [3.05, 3.63) is 36.0 Å². The zero-order chi connectivity index (χ0) is 36.3. The maximum atomic E-state index is 13.9. The highest BCUT2D eigenvalue weighted by Gasteiger charge is 2.64. The van der Waals surface area contributed by atoms with Crippen molar-refractivity contribution in [2.24, 2.45) is 35.5 Å². The van der Waals surface area contributed by atoms with Gasteiger partial charge in [0.2, 0.25) is 0 Å². The largest absolute Gasteiger partial charge is 0.462 e. The van der Waals surface area contributed by atoms with Gasteiger partial charge in [0.15, 0.2) is 17.5 Å². The highest BCUT2D eigenvalue weighted by atomic mass is 16.6. The summed E-state index contributed by atoms with van der Waals surface area (Å²) in [6, 6.07) is 0. The topological polar surface area (TPSA) is 195 Å². The lowest BCUT2D eigenvalue weighted by Crippen LogP contribution is -2.61. The maximum absolute atomic E-state index is 13.9. The summed E-state index contributed by atoms with van der Waals surface area (Å²) >= 11 is 0. The molecule has 0 aromatic heterocycles. The monoisotopic (exact) mass is 688 g/mol. The van der Waals surface area contributed by atoms with Gasteiger partial charge in [-0.2, -0.15) is 0 Å². The molecule has 0 aromatic rings. The molecular weight excluding hydrogens is 640 g/mol. The fraction of sp³-hybridized carbons (Fsp3) is 0.694. The van der Waals surface area contributed by atoms with Gasteiger partial charge in [0.05, 0.1) is 36.1 Å². The van der Waals surface area contributed by atoms with Crippen LogP contribution in [0.4, 0.5) is 0 Å². The lowest BCUT2D eigenvalue weighted by atomic mass is 9.70. The Morgan fingerprint density at radius 1 is 1.02 bits per heavy atom. The Balaban J connectivity index is 1.58. The fourth-order valence-electron chi connectivity index (χ4n) is 8.19. The van der Waals surface area contributed by atoms with E-state index in [-0.39, 0.29) is 37.2 Å². The second-order valence-corrected chi connectivity index (χ2v) is 14.9. The minimum atomic E-state index is -2.40. The number of fused-ring (bicyclic) bond motifs is 3. The van der Waals surface area contributed by atoms with E-state index in [4.69, 9.17) is 23.7 Å². The summed E-state index contributed by atoms with van der Waals surface area (Å²) in [4.78, 5) is 65.8. The molecule has 5 aliphatic rings. The van der Waals surface area contributed by atoms with Crippen LogP contribution in [-0.4, -0.2) is 99.4 Å². The molecule has 0 aromatic carbocycles. The van der Waals surface area contributed by atoms with Gasteiger partial charge in [-0.25, -0.2) is 4.79 Å². The molecule has 3 saturated heterocycles. The standard InChI is InChI=1S/C36H48O13/c1-14(2)33(41)49-29-27-21(12-20-13-22(38)16(4)9-23(39)26-18(6)34(42)46-24(26)10-15(20)3)35(43)47-25(27)11-17(5)28-30(48-28)31(40)36(8,44)32(29)45-19(7)37/h9,17-18,20-30,32,38-39,44H,1,3,10-13H2,2,4-8H3. The summed E-state index contributed by atoms with van der Waals surface area (Å²) in [5, 5.41) is 34.1. The number of carbonyl (C=O) groups excluding carboxylic acids is 5. The Hall–Kier alpha value is -3.39. The second-order valence-electron chi connectivity index (χ2n) is 14.9. The van der Waals surface area contributed by atoms with Crippen molar-refractivity contribution >= 4 is 29.7 Å². The van der Waals surface area contributed by atoms with Crippen LogP contribution >= 0.6 is 0 Å². The van der Waals surface area contributed by atoms with Crippen LogP contribution in [0.1, 0.15) is 67.2 Å². The van der Waals surface area contributed by atoms with Crippen LogP contribution in [0.15, 0.2) is 36.0 Å². The number of rotatable bonds is 5. The van der Waals surface area contributed by atoms with Crippen molar-refractivity contribution in [1.82, 2.24) is 0 Å². The molecule has 0 amide bonds. The summed E-state index contributed by atoms with van der Waals surface area (Å²) in [7, 11) is 0. The molecule has 4 fully saturated rings. The Morgan fingerprint density at radius 3 is 2.31 bits per heavy atom. The Bertz CT molecular complexity index is 1450. The third-order valence-corrected chi connectivity index (χ3v) is 11.1. The maximum Gasteiger partial charge on any atom is 0.333 e. The molecule has 15 unspecified atom stereocenters. The minimum Gasteiger partial charge on any atom is -0.462 e. The van der Waals surface area contributed by atoms with Gasteiger partial charge in [0, 0.05) is 24.8 Å². The van der Waals surface area contributed by atoms with E-state index in [1.165, 1.54) is 19.9 Å². The third-order valence-electron chi connectivity index (χ3n) is 11.1. The molecule has 0 radical (unpaired) electrons. The van der Waals surface area contributed by atoms with Crippen molar-refractivity contribution in [2.75, 3.05) is 0 Å². The summed E-state index contributed by atoms with van der Waals surface area (Å²) in [5.41, 5.74) is -1.38. The van der Waals surface area contributed by atoms with Crippen molar-refractivity contribution < 1.29 is 63.0 Å². The molecule has 0 bridgehead atoms. The summed E-state index contributed by atoms with van der Waals surface area (Å²) in [6.07, 6.45) is -6.58. The number of ether oxygens (including phenoxy) is 5. The van der Waals surface area contributed by atoms with Crippen molar-refractivity contribution in [3.8, 4) is 0 Å². The van der Waals surface area contributed by atoms with Gasteiger partial charge < -0.3 is 39.0 Å². The Labute approximate surface area is 285 Å². The number of hydrogen-bond acceptors (Lipinski definition) is 13. The molecule has 3 aliphatic heterocycles. The second kappa shape index (κ2) is 13.7. The van der Waals surface area contributed by atoms with Crippen LogP contribution in [0, 0.1) is 35.5 Å². The zero-order valence-corrected chi connectivity index (χ0v) is 28.8. The van der Waals surface area contributed by atoms with Crippen LogP contribution in [-0.2, 0) is 47.7 Å². The lowest BCUT2D eigenvalue weighted by molar-refractivity contribution is -0.199. The van der Waals surface area contributed by atoms with E-state index in [1.54, 1.807) is 13.8 Å². The van der Waals surface area contributed by atoms with Gasteiger partial charge in [-0.05, 0) is 57.4 Å². The van der Waals surface area contributed by atoms with E-state index < -0.39 is 114 Å². The van der Waals surface area contributed by atoms with Crippen LogP contribution in [0.5, 0.6) is 0 Å². The van der Waals surface area contributed by atoms with E-state index in [0.29, 0.717) is 11.1 Å². The molecule has 0 spiro atoms. The van der Waals surface area contributed by atoms with Crippen LogP contribution in [0.3, 0.4) is 0 Å². The minimum absolute atomic E-state index is 0.00915. The summed E-state index contributed by atoms with van der Waals surface area (Å²) < 4.78 is 28.8. The van der Waals surface area contributed by atoms with E-state index in [0.717, 1.165) is 6.92 Å². The predicted molar refractivity (Wildman–Crippen MR) is 170 cm³/mol. The molecular formula is C36H48O13. The van der Waals surface area contributed by atoms with Gasteiger partial charge in [0.1, 0.15) is 24.4 Å². The Kier molecular flexibility index (Phi) is 10.3. The van der Waals surface area contributed by atoms with Crippen molar-refractivity contribution in [1.29, 1.82) is 0 Å². The number of carbonyl (C=O) groups is 5. The van der Waals surface area contributed by atoms with Gasteiger partial charge in [-0.1, -0.05) is 38.7 Å². The molecule has 1 saturated carbocycles. The van der Waals surface area contributed by atoms with Crippen LogP contribution in [0.25, 0.3) is 0 Å². The highest BCUT2D eigenvalue weighted by molar-refractivity contribution is 5.94. The molecule has 3 N–H and O–H groups in total. The fourth-order valence-corrected chi connectivity index (χ4v) is 8.19. The number of Topliss-reactive ketones (excluding diaryl/α,β-unsaturated/α-hetero) is 1. The SMILES string of the molecule is C=C(C)C(=O)OC1C2C(CC(C)C3OC3C(=O)C(C)(O)C1OC(C)=O)OC(=O)C2CC1CC(O)C(C)=CC(O)C2C(CC1=C)OC(=O)C2C. The first-order valence-electron chi connectivity index (χ1n) is 16.9. The molecule has 13 heteroatoms. The van der Waals surface area contributed by atoms with Gasteiger partial charge in [-0.3, -0.25) is 19.2 Å². The highest BCUT2D eigenvalue weighted by Crippen LogP contribution is 2.48. The molecule has 49 heavy (non-hydrogen) atoms. The molecule has 270 valence electrons. The number of aliphatic hydroxyl groups is 3. The molecule has 5 rings (SSSR count). The zero-order valence-electron chi connectivity index (χ0n) is 28.8. The number of esters is 4. The molecule has 2 aliphatic carbocycles. The molecule has 15 atom stereocenters. The normalized spacial score (nSPS) is 43.9. The lowest BCUT2D eigenvalue weighted by Gasteiger charge is -2.41. The van der Waals surface area contributed by atoms with Gasteiger partial charge in [0.25, 0.3) is 0 Å². The van der Waals surface area contributed by atoms with E-state index in [2.05, 4.69) is 13.2 Å². The van der Waals surface area contributed by atoms with Crippen molar-refractivity contribution in [3.63, 3.8) is 0 Å². The Morgan fingerprint density at radius 2 is 1.67 bits per heavy atom. The van der Waals surface area contributed by atoms with Crippen LogP contribution < -0.4 is 0 Å². The first-order chi connectivity index (χ1) is 22.8. The number of epoxide rings is 1. The van der Waals surface area contributed by atoms with E-state index in [9.17, 15) is 39.3 Å². The first-order valence-corrected chi connectivity index (χ1v) is 16.9. The predicted octanol–water partition coefficient (Wildman–Crippen LogP) is 1.89. The van der Waals surface area contributed by atoms with Crippen LogP contribution in [0.2, 0.25) is 0 Å². The van der Waals surface area contributed by atoms with Crippen molar-refractivity contribution in [2.45, 2.75) is 122 Å². The van der Waals surface area contributed by atoms with Gasteiger partial charge >= 0.3 is 23.9 Å². The number of ketones is 1. The summed E-state index contributed by atoms with van der Waals surface area (Å²) in [5.74, 6) is -7.77. The smallest absolute Gasteiger partial charge is 0.333 e.